The number of nitrogens with zero attached hydrogens (tertiary/aromatic N) is 1. The van der Waals surface area contributed by atoms with Gasteiger partial charge >= 0.3 is 6.09 Å². The number of amides is 1. The first-order valence-electron chi connectivity index (χ1n) is 10.2. The first-order chi connectivity index (χ1) is 13.7. The predicted octanol–water partition coefficient (Wildman–Crippen LogP) is 6.38. The third-order valence-corrected chi connectivity index (χ3v) is 7.09. The van der Waals surface area contributed by atoms with Gasteiger partial charge in [0.15, 0.2) is 0 Å². The van der Waals surface area contributed by atoms with Crippen molar-refractivity contribution in [1.29, 1.82) is 0 Å². The molecule has 1 heterocycles. The molecule has 0 saturated carbocycles. The van der Waals surface area contributed by atoms with Gasteiger partial charge in [0, 0.05) is 26.6 Å². The summed E-state index contributed by atoms with van der Waals surface area (Å²) in [4.78, 5) is 15.0. The SMILES string of the molecule is CC(C)(C)OC(=O)N1CCC2(Cc3ccc(Cl)cc3)c3ccc(I)cc3CCC12. The Morgan fingerprint density at radius 1 is 1.24 bits per heavy atom. The standard InChI is InChI=1S/C24H27ClINO2/c1-23(2,3)29-22(28)27-13-12-24(15-16-4-7-18(25)8-5-16)20-10-9-19(26)14-17(20)6-11-21(24)27/h4-5,7-10,14,21H,6,11-13,15H2,1-3H3. The third-order valence-electron chi connectivity index (χ3n) is 6.16. The molecule has 1 amide bonds. The van der Waals surface area contributed by atoms with Gasteiger partial charge < -0.3 is 9.64 Å². The van der Waals surface area contributed by atoms with E-state index < -0.39 is 5.60 Å². The van der Waals surface area contributed by atoms with Crippen LogP contribution in [0.4, 0.5) is 4.79 Å². The Hall–Kier alpha value is -1.27. The number of benzene rings is 2. The molecule has 2 aromatic carbocycles. The number of hydrogen-bond donors (Lipinski definition) is 0. The second kappa shape index (κ2) is 7.77. The monoisotopic (exact) mass is 523 g/mol. The van der Waals surface area contributed by atoms with E-state index in [1.807, 2.05) is 37.8 Å². The highest BCUT2D eigenvalue weighted by atomic mass is 127. The highest BCUT2D eigenvalue weighted by Crippen LogP contribution is 2.49. The van der Waals surface area contributed by atoms with Crippen molar-refractivity contribution in [3.63, 3.8) is 0 Å². The average Bonchev–Trinajstić information content (AvgIpc) is 3.01. The van der Waals surface area contributed by atoms with Crippen LogP contribution in [-0.4, -0.2) is 29.2 Å². The maximum Gasteiger partial charge on any atom is 0.410 e. The summed E-state index contributed by atoms with van der Waals surface area (Å²) in [6, 6.07) is 15.1. The van der Waals surface area contributed by atoms with Gasteiger partial charge in [-0.2, -0.15) is 0 Å². The zero-order chi connectivity index (χ0) is 20.8. The number of ether oxygens (including phenoxy) is 1. The number of aryl methyl sites for hydroxylation is 1. The fourth-order valence-corrected chi connectivity index (χ4v) is 5.72. The molecule has 0 spiro atoms. The minimum Gasteiger partial charge on any atom is -0.444 e. The minimum atomic E-state index is -0.485. The van der Waals surface area contributed by atoms with E-state index in [9.17, 15) is 4.79 Å². The second-order valence-corrected chi connectivity index (χ2v) is 10.9. The van der Waals surface area contributed by atoms with E-state index in [2.05, 4.69) is 52.9 Å². The Morgan fingerprint density at radius 2 is 1.97 bits per heavy atom. The molecule has 0 N–H and O–H groups in total. The molecule has 3 nitrogen and oxygen atoms in total. The molecule has 0 aromatic heterocycles. The molecule has 154 valence electrons. The van der Waals surface area contributed by atoms with Crippen molar-refractivity contribution >= 4 is 40.3 Å². The number of carbonyl (C=O) groups excluding carboxylic acids is 1. The Morgan fingerprint density at radius 3 is 2.66 bits per heavy atom. The van der Waals surface area contributed by atoms with Gasteiger partial charge in [-0.15, -0.1) is 0 Å². The lowest BCUT2D eigenvalue weighted by Gasteiger charge is -2.43. The molecule has 2 aromatic rings. The topological polar surface area (TPSA) is 29.5 Å². The Labute approximate surface area is 191 Å². The molecular weight excluding hydrogens is 497 g/mol. The molecule has 0 radical (unpaired) electrons. The number of carbonyl (C=O) groups is 1. The number of halogens is 2. The number of likely N-dealkylation sites (tertiary alicyclic amines) is 1. The van der Waals surface area contributed by atoms with Crippen LogP contribution in [0.5, 0.6) is 0 Å². The molecule has 1 saturated heterocycles. The van der Waals surface area contributed by atoms with Gasteiger partial charge in [-0.1, -0.05) is 29.8 Å². The minimum absolute atomic E-state index is 0.0807. The first-order valence-corrected chi connectivity index (χ1v) is 11.7. The van der Waals surface area contributed by atoms with Crippen LogP contribution < -0.4 is 0 Å². The predicted molar refractivity (Wildman–Crippen MR) is 126 cm³/mol. The lowest BCUT2D eigenvalue weighted by molar-refractivity contribution is 0.0180. The van der Waals surface area contributed by atoms with E-state index in [4.69, 9.17) is 16.3 Å². The van der Waals surface area contributed by atoms with E-state index in [1.54, 1.807) is 0 Å². The number of rotatable bonds is 2. The Kier molecular flexibility index (Phi) is 5.62. The van der Waals surface area contributed by atoms with Crippen LogP contribution in [-0.2, 0) is 23.0 Å². The van der Waals surface area contributed by atoms with Gasteiger partial charge in [0.05, 0.1) is 0 Å². The molecule has 1 aliphatic heterocycles. The summed E-state index contributed by atoms with van der Waals surface area (Å²) in [5.74, 6) is 0. The van der Waals surface area contributed by atoms with E-state index in [0.29, 0.717) is 0 Å². The van der Waals surface area contributed by atoms with E-state index >= 15 is 0 Å². The molecular formula is C24H27ClINO2. The molecule has 0 bridgehead atoms. The summed E-state index contributed by atoms with van der Waals surface area (Å²) >= 11 is 8.51. The molecule has 4 rings (SSSR count). The maximum atomic E-state index is 13.0. The zero-order valence-electron chi connectivity index (χ0n) is 17.2. The van der Waals surface area contributed by atoms with Gasteiger partial charge in [0.1, 0.15) is 5.60 Å². The van der Waals surface area contributed by atoms with Crippen LogP contribution in [0, 0.1) is 3.57 Å². The average molecular weight is 524 g/mol. The molecule has 5 heteroatoms. The molecule has 29 heavy (non-hydrogen) atoms. The molecule has 2 aliphatic rings. The molecule has 1 fully saturated rings. The van der Waals surface area contributed by atoms with Gasteiger partial charge in [0.2, 0.25) is 0 Å². The van der Waals surface area contributed by atoms with E-state index in [-0.39, 0.29) is 17.6 Å². The van der Waals surface area contributed by atoms with Crippen molar-refractivity contribution in [2.45, 2.75) is 63.5 Å². The molecule has 2 atom stereocenters. The Balaban J connectivity index is 1.74. The lowest BCUT2D eigenvalue weighted by Crippen LogP contribution is -2.50. The summed E-state index contributed by atoms with van der Waals surface area (Å²) in [6.45, 7) is 6.53. The smallest absolute Gasteiger partial charge is 0.410 e. The van der Waals surface area contributed by atoms with E-state index in [0.717, 1.165) is 37.3 Å². The van der Waals surface area contributed by atoms with Crippen LogP contribution in [0.25, 0.3) is 0 Å². The second-order valence-electron chi connectivity index (χ2n) is 9.24. The van der Waals surface area contributed by atoms with Crippen molar-refractivity contribution in [2.24, 2.45) is 0 Å². The summed E-state index contributed by atoms with van der Waals surface area (Å²) in [5.41, 5.74) is 3.52. The van der Waals surface area contributed by atoms with Crippen molar-refractivity contribution in [1.82, 2.24) is 4.90 Å². The highest BCUT2D eigenvalue weighted by Gasteiger charge is 2.53. The van der Waals surface area contributed by atoms with Crippen LogP contribution in [0.2, 0.25) is 5.02 Å². The van der Waals surface area contributed by atoms with Gasteiger partial charge in [-0.3, -0.25) is 0 Å². The first kappa shape index (κ1) is 21.0. The van der Waals surface area contributed by atoms with Crippen LogP contribution in [0.1, 0.15) is 50.3 Å². The van der Waals surface area contributed by atoms with Crippen molar-refractivity contribution in [3.8, 4) is 0 Å². The van der Waals surface area contributed by atoms with Crippen molar-refractivity contribution in [2.75, 3.05) is 6.54 Å². The normalized spacial score (nSPS) is 23.5. The molecule has 1 aliphatic carbocycles. The fraction of sp³-hybridized carbons (Fsp3) is 0.458. The van der Waals surface area contributed by atoms with E-state index in [1.165, 1.54) is 20.3 Å². The van der Waals surface area contributed by atoms with Crippen molar-refractivity contribution in [3.05, 3.63) is 67.7 Å². The summed E-state index contributed by atoms with van der Waals surface area (Å²) in [6.07, 6.45) is 3.64. The highest BCUT2D eigenvalue weighted by molar-refractivity contribution is 14.1. The quantitative estimate of drug-likeness (QED) is 0.428. The lowest BCUT2D eigenvalue weighted by atomic mass is 9.64. The zero-order valence-corrected chi connectivity index (χ0v) is 20.1. The molecule has 2 unspecified atom stereocenters. The van der Waals surface area contributed by atoms with Crippen LogP contribution >= 0.6 is 34.2 Å². The fourth-order valence-electron chi connectivity index (χ4n) is 5.04. The number of hydrogen-bond acceptors (Lipinski definition) is 2. The van der Waals surface area contributed by atoms with Crippen molar-refractivity contribution < 1.29 is 9.53 Å². The van der Waals surface area contributed by atoms with Crippen LogP contribution in [0.15, 0.2) is 42.5 Å². The van der Waals surface area contributed by atoms with Crippen LogP contribution in [0.3, 0.4) is 0 Å². The van der Waals surface area contributed by atoms with Gasteiger partial charge in [0.25, 0.3) is 0 Å². The Bertz CT molecular complexity index is 921. The largest absolute Gasteiger partial charge is 0.444 e. The van der Waals surface area contributed by atoms with Gasteiger partial charge in [-0.05, 0) is 110 Å². The third kappa shape index (κ3) is 4.15. The number of fused-ring (bicyclic) bond motifs is 3. The van der Waals surface area contributed by atoms with Gasteiger partial charge in [-0.25, -0.2) is 4.79 Å². The summed E-state index contributed by atoms with van der Waals surface area (Å²) < 4.78 is 7.02. The maximum absolute atomic E-state index is 13.0. The summed E-state index contributed by atoms with van der Waals surface area (Å²) in [5, 5.41) is 0.753. The summed E-state index contributed by atoms with van der Waals surface area (Å²) in [7, 11) is 0.